The van der Waals surface area contributed by atoms with E-state index in [1.807, 2.05) is 0 Å². The number of carbonyl (C=O) groups excluding carboxylic acids is 1. The van der Waals surface area contributed by atoms with Gasteiger partial charge in [0.2, 0.25) is 0 Å². The highest BCUT2D eigenvalue weighted by Crippen LogP contribution is 2.24. The Bertz CT molecular complexity index is 1130. The highest BCUT2D eigenvalue weighted by Gasteiger charge is 2.17. The zero-order chi connectivity index (χ0) is 20.3. The number of para-hydroxylation sites is 1. The topological polar surface area (TPSA) is 75.3 Å². The highest BCUT2D eigenvalue weighted by molar-refractivity contribution is 7.92. The third-order valence-electron chi connectivity index (χ3n) is 3.92. The van der Waals surface area contributed by atoms with Crippen LogP contribution in [-0.2, 0) is 10.0 Å². The molecule has 0 aliphatic heterocycles. The Kier molecular flexibility index (Phi) is 5.67. The molecule has 8 heteroatoms. The number of sulfonamides is 1. The van der Waals surface area contributed by atoms with Crippen LogP contribution in [0.5, 0.6) is 0 Å². The van der Waals surface area contributed by atoms with Gasteiger partial charge in [-0.1, -0.05) is 29.8 Å². The van der Waals surface area contributed by atoms with E-state index in [0.717, 1.165) is 5.56 Å². The van der Waals surface area contributed by atoms with E-state index in [-0.39, 0.29) is 26.9 Å². The second-order valence-corrected chi connectivity index (χ2v) is 8.14. The highest BCUT2D eigenvalue weighted by atomic mass is 35.5. The second-order valence-electron chi connectivity index (χ2n) is 6.05. The third-order valence-corrected chi connectivity index (χ3v) is 5.63. The van der Waals surface area contributed by atoms with E-state index < -0.39 is 21.7 Å². The minimum Gasteiger partial charge on any atom is -0.319 e. The Hall–Kier alpha value is -2.90. The first-order valence-electron chi connectivity index (χ1n) is 8.21. The Morgan fingerprint density at radius 2 is 1.64 bits per heavy atom. The summed E-state index contributed by atoms with van der Waals surface area (Å²) in [6.45, 7) is 1.74. The van der Waals surface area contributed by atoms with Gasteiger partial charge in [0, 0.05) is 5.56 Å². The second kappa shape index (κ2) is 8.00. The molecule has 3 aromatic rings. The third kappa shape index (κ3) is 4.49. The number of carbonyl (C=O) groups is 1. The number of nitrogens with one attached hydrogen (secondary N) is 2. The Labute approximate surface area is 167 Å². The van der Waals surface area contributed by atoms with Gasteiger partial charge in [-0.2, -0.15) is 0 Å². The average Bonchev–Trinajstić information content (AvgIpc) is 2.66. The molecule has 0 radical (unpaired) electrons. The molecule has 0 aliphatic carbocycles. The quantitative estimate of drug-likeness (QED) is 0.622. The van der Waals surface area contributed by atoms with Crippen molar-refractivity contribution in [2.24, 2.45) is 0 Å². The number of aryl methyl sites for hydroxylation is 1. The van der Waals surface area contributed by atoms with Crippen LogP contribution >= 0.6 is 11.6 Å². The summed E-state index contributed by atoms with van der Waals surface area (Å²) < 4.78 is 41.2. The minimum absolute atomic E-state index is 0.0366. The average molecular weight is 419 g/mol. The van der Waals surface area contributed by atoms with Crippen LogP contribution < -0.4 is 10.0 Å². The van der Waals surface area contributed by atoms with Crippen LogP contribution in [0.1, 0.15) is 15.9 Å². The molecule has 0 atom stereocenters. The Morgan fingerprint density at radius 1 is 0.964 bits per heavy atom. The molecule has 0 saturated heterocycles. The summed E-state index contributed by atoms with van der Waals surface area (Å²) in [6.07, 6.45) is 0. The molecule has 0 saturated carbocycles. The summed E-state index contributed by atoms with van der Waals surface area (Å²) in [7, 11) is -3.87. The summed E-state index contributed by atoms with van der Waals surface area (Å²) in [5.74, 6) is -1.10. The van der Waals surface area contributed by atoms with Gasteiger partial charge in [0.15, 0.2) is 0 Å². The number of benzene rings is 3. The van der Waals surface area contributed by atoms with Crippen molar-refractivity contribution in [2.45, 2.75) is 11.8 Å². The van der Waals surface area contributed by atoms with Gasteiger partial charge in [-0.25, -0.2) is 12.8 Å². The van der Waals surface area contributed by atoms with E-state index in [9.17, 15) is 17.6 Å². The normalized spacial score (nSPS) is 11.1. The molecule has 0 aromatic heterocycles. The summed E-state index contributed by atoms with van der Waals surface area (Å²) in [4.78, 5) is 12.3. The van der Waals surface area contributed by atoms with Crippen LogP contribution in [-0.4, -0.2) is 14.3 Å². The molecule has 2 N–H and O–H groups in total. The predicted molar refractivity (Wildman–Crippen MR) is 108 cm³/mol. The lowest BCUT2D eigenvalue weighted by Gasteiger charge is -2.10. The van der Waals surface area contributed by atoms with Gasteiger partial charge in [-0.05, 0) is 61.0 Å². The minimum atomic E-state index is -3.87. The molecule has 0 fully saturated rings. The van der Waals surface area contributed by atoms with Crippen molar-refractivity contribution in [3.63, 3.8) is 0 Å². The van der Waals surface area contributed by atoms with Gasteiger partial charge in [-0.15, -0.1) is 0 Å². The van der Waals surface area contributed by atoms with Gasteiger partial charge < -0.3 is 5.32 Å². The van der Waals surface area contributed by atoms with Gasteiger partial charge in [0.25, 0.3) is 15.9 Å². The summed E-state index contributed by atoms with van der Waals surface area (Å²) in [5, 5.41) is 2.73. The molecule has 0 spiro atoms. The molecule has 0 bridgehead atoms. The monoisotopic (exact) mass is 418 g/mol. The van der Waals surface area contributed by atoms with E-state index >= 15 is 0 Å². The fraction of sp³-hybridized carbons (Fsp3) is 0.0500. The Morgan fingerprint density at radius 3 is 2.29 bits per heavy atom. The smallest absolute Gasteiger partial charge is 0.261 e. The maximum atomic E-state index is 13.9. The molecule has 1 amide bonds. The van der Waals surface area contributed by atoms with E-state index in [1.54, 1.807) is 31.2 Å². The maximum absolute atomic E-state index is 13.9. The van der Waals surface area contributed by atoms with Crippen LogP contribution in [0.3, 0.4) is 0 Å². The van der Waals surface area contributed by atoms with E-state index in [4.69, 9.17) is 11.6 Å². The van der Waals surface area contributed by atoms with E-state index in [0.29, 0.717) is 0 Å². The number of hydrogen-bond donors (Lipinski definition) is 2. The van der Waals surface area contributed by atoms with Crippen molar-refractivity contribution < 1.29 is 17.6 Å². The van der Waals surface area contributed by atoms with Crippen molar-refractivity contribution in [3.8, 4) is 0 Å². The first-order chi connectivity index (χ1) is 13.3. The standard InChI is InChI=1S/C20H16ClFN2O3S/c1-13-6-11-19(17(22)12-13)23-20(25)14-7-9-15(10-8-14)28(26,27)24-18-5-3-2-4-16(18)21/h2-12,24H,1H3,(H,23,25). The summed E-state index contributed by atoms with van der Waals surface area (Å²) in [5.41, 5.74) is 1.22. The fourth-order valence-corrected chi connectivity index (χ4v) is 3.77. The van der Waals surface area contributed by atoms with Crippen LogP contribution in [0.15, 0.2) is 71.6 Å². The molecule has 0 aliphatic rings. The van der Waals surface area contributed by atoms with E-state index in [1.165, 1.54) is 42.5 Å². The largest absolute Gasteiger partial charge is 0.319 e. The van der Waals surface area contributed by atoms with E-state index in [2.05, 4.69) is 10.0 Å². The molecule has 28 heavy (non-hydrogen) atoms. The van der Waals surface area contributed by atoms with Crippen molar-refractivity contribution in [1.29, 1.82) is 0 Å². The molecule has 3 aromatic carbocycles. The molecule has 3 rings (SSSR count). The lowest BCUT2D eigenvalue weighted by atomic mass is 10.2. The lowest BCUT2D eigenvalue weighted by molar-refractivity contribution is 0.102. The van der Waals surface area contributed by atoms with Crippen molar-refractivity contribution in [2.75, 3.05) is 10.0 Å². The molecule has 144 valence electrons. The fourth-order valence-electron chi connectivity index (χ4n) is 2.45. The summed E-state index contributed by atoms with van der Waals surface area (Å²) >= 11 is 5.97. The molecule has 5 nitrogen and oxygen atoms in total. The number of hydrogen-bond acceptors (Lipinski definition) is 3. The molecule has 0 heterocycles. The van der Waals surface area contributed by atoms with Crippen molar-refractivity contribution >= 4 is 38.9 Å². The lowest BCUT2D eigenvalue weighted by Crippen LogP contribution is -2.15. The Balaban J connectivity index is 1.77. The van der Waals surface area contributed by atoms with Crippen LogP contribution in [0.2, 0.25) is 5.02 Å². The first kappa shape index (κ1) is 19.9. The number of anilines is 2. The molecular weight excluding hydrogens is 403 g/mol. The van der Waals surface area contributed by atoms with Gasteiger partial charge in [0.1, 0.15) is 5.82 Å². The number of amides is 1. The van der Waals surface area contributed by atoms with Gasteiger partial charge in [0.05, 0.1) is 21.3 Å². The van der Waals surface area contributed by atoms with Crippen LogP contribution in [0.4, 0.5) is 15.8 Å². The zero-order valence-electron chi connectivity index (χ0n) is 14.7. The van der Waals surface area contributed by atoms with Crippen molar-refractivity contribution in [1.82, 2.24) is 0 Å². The SMILES string of the molecule is Cc1ccc(NC(=O)c2ccc(S(=O)(=O)Nc3ccccc3Cl)cc2)c(F)c1. The van der Waals surface area contributed by atoms with Crippen LogP contribution in [0.25, 0.3) is 0 Å². The van der Waals surface area contributed by atoms with Gasteiger partial charge >= 0.3 is 0 Å². The first-order valence-corrected chi connectivity index (χ1v) is 10.1. The maximum Gasteiger partial charge on any atom is 0.261 e. The number of halogens is 2. The van der Waals surface area contributed by atoms with Crippen LogP contribution in [0, 0.1) is 12.7 Å². The van der Waals surface area contributed by atoms with Gasteiger partial charge in [-0.3, -0.25) is 9.52 Å². The zero-order valence-corrected chi connectivity index (χ0v) is 16.3. The number of rotatable bonds is 5. The molecule has 0 unspecified atom stereocenters. The molecular formula is C20H16ClFN2O3S. The predicted octanol–water partition coefficient (Wildman–Crippen LogP) is 4.84. The van der Waals surface area contributed by atoms with Crippen molar-refractivity contribution in [3.05, 3.63) is 88.7 Å². The summed E-state index contributed by atoms with van der Waals surface area (Å²) in [6, 6.07) is 16.2.